The molecule has 0 aliphatic carbocycles. The van der Waals surface area contributed by atoms with Crippen molar-refractivity contribution < 1.29 is 33.3 Å². The fourth-order valence-corrected chi connectivity index (χ4v) is 4.15. The molecule has 6 nitrogen and oxygen atoms in total. The maximum absolute atomic E-state index is 13.9. The summed E-state index contributed by atoms with van der Waals surface area (Å²) in [5, 5.41) is 22.5. The minimum Gasteiger partial charge on any atom is -0.504 e. The summed E-state index contributed by atoms with van der Waals surface area (Å²) in [5.41, 5.74) is -0.0353. The lowest BCUT2D eigenvalue weighted by molar-refractivity contribution is -0.117. The number of carbonyl (C=O) groups is 2. The van der Waals surface area contributed by atoms with Crippen LogP contribution >= 0.6 is 11.3 Å². The Bertz CT molecular complexity index is 1220. The number of carbonyl (C=O) groups excluding carboxylic acids is 2. The fourth-order valence-electron chi connectivity index (χ4n) is 3.47. The number of benzene rings is 2. The third-order valence-electron chi connectivity index (χ3n) is 4.90. The Morgan fingerprint density at radius 3 is 2.48 bits per heavy atom. The van der Waals surface area contributed by atoms with Crippen molar-refractivity contribution >= 4 is 28.7 Å². The van der Waals surface area contributed by atoms with E-state index in [-0.39, 0.29) is 33.2 Å². The summed E-state index contributed by atoms with van der Waals surface area (Å²) in [4.78, 5) is 27.4. The molecule has 1 amide bonds. The Morgan fingerprint density at radius 1 is 1.10 bits per heavy atom. The number of nitrogens with zero attached hydrogens (tertiary/aromatic N) is 1. The molecule has 0 fully saturated rings. The van der Waals surface area contributed by atoms with Gasteiger partial charge >= 0.3 is 0 Å². The molecule has 0 saturated carbocycles. The Balaban J connectivity index is 1.91. The number of phenols is 1. The summed E-state index contributed by atoms with van der Waals surface area (Å²) in [6, 6.07) is 9.02. The van der Waals surface area contributed by atoms with Gasteiger partial charge in [0.15, 0.2) is 28.9 Å². The molecule has 0 saturated heterocycles. The fraction of sp³-hybridized carbons (Fsp3) is 0.0909. The second-order valence-corrected chi connectivity index (χ2v) is 7.62. The number of rotatable bonds is 5. The second-order valence-electron chi connectivity index (χ2n) is 6.68. The van der Waals surface area contributed by atoms with Crippen LogP contribution in [0.5, 0.6) is 11.5 Å². The van der Waals surface area contributed by atoms with Crippen LogP contribution in [0, 0.1) is 11.6 Å². The van der Waals surface area contributed by atoms with Crippen LogP contribution in [0.15, 0.2) is 65.2 Å². The molecule has 3 aromatic rings. The Morgan fingerprint density at radius 2 is 1.87 bits per heavy atom. The monoisotopic (exact) mass is 443 g/mol. The normalized spacial score (nSPS) is 16.2. The molecule has 2 aromatic carbocycles. The first-order valence-electron chi connectivity index (χ1n) is 9.00. The second kappa shape index (κ2) is 7.84. The van der Waals surface area contributed by atoms with Crippen LogP contribution in [0.4, 0.5) is 14.5 Å². The molecule has 1 atom stereocenters. The number of Topliss-reactive ketones (excluding diaryl/α,β-unsaturated/α-hetero) is 1. The predicted molar refractivity (Wildman–Crippen MR) is 110 cm³/mol. The van der Waals surface area contributed by atoms with E-state index >= 15 is 0 Å². The summed E-state index contributed by atoms with van der Waals surface area (Å²) in [7, 11) is 1.36. The molecule has 0 radical (unpaired) electrons. The van der Waals surface area contributed by atoms with Crippen molar-refractivity contribution in [2.75, 3.05) is 12.0 Å². The number of amides is 1. The number of methoxy groups -OCH3 is 1. The van der Waals surface area contributed by atoms with E-state index in [1.807, 2.05) is 0 Å². The van der Waals surface area contributed by atoms with Crippen LogP contribution < -0.4 is 9.64 Å². The molecule has 31 heavy (non-hydrogen) atoms. The molecule has 4 rings (SSSR count). The van der Waals surface area contributed by atoms with Crippen molar-refractivity contribution in [2.45, 2.75) is 6.04 Å². The van der Waals surface area contributed by atoms with Crippen molar-refractivity contribution in [1.29, 1.82) is 0 Å². The Kier molecular flexibility index (Phi) is 5.20. The van der Waals surface area contributed by atoms with E-state index < -0.39 is 35.1 Å². The van der Waals surface area contributed by atoms with Gasteiger partial charge in [-0.3, -0.25) is 14.5 Å². The largest absolute Gasteiger partial charge is 0.504 e. The van der Waals surface area contributed by atoms with Crippen LogP contribution in [-0.2, 0) is 4.79 Å². The van der Waals surface area contributed by atoms with Crippen molar-refractivity contribution in [3.05, 3.63) is 87.3 Å². The van der Waals surface area contributed by atoms with E-state index in [2.05, 4.69) is 0 Å². The SMILES string of the molecule is COc1ccc(C2C(C(=O)c3cccs3)=C(O)C(=O)N2c2ccc(F)c(F)c2)cc1O. The van der Waals surface area contributed by atoms with Gasteiger partial charge in [-0.25, -0.2) is 8.78 Å². The van der Waals surface area contributed by atoms with Crippen molar-refractivity contribution in [2.24, 2.45) is 0 Å². The molecule has 158 valence electrons. The lowest BCUT2D eigenvalue weighted by atomic mass is 9.94. The first kappa shape index (κ1) is 20.5. The molecule has 0 spiro atoms. The van der Waals surface area contributed by atoms with Gasteiger partial charge in [-0.1, -0.05) is 12.1 Å². The number of anilines is 1. The number of phenolic OH excluding ortho intramolecular Hbond substituents is 1. The quantitative estimate of drug-likeness (QED) is 0.566. The van der Waals surface area contributed by atoms with Crippen LogP contribution in [0.25, 0.3) is 0 Å². The zero-order valence-electron chi connectivity index (χ0n) is 16.0. The van der Waals surface area contributed by atoms with Gasteiger partial charge in [0.05, 0.1) is 23.6 Å². The van der Waals surface area contributed by atoms with Gasteiger partial charge in [-0.15, -0.1) is 11.3 Å². The molecule has 1 aliphatic rings. The van der Waals surface area contributed by atoms with Crippen LogP contribution in [0.3, 0.4) is 0 Å². The highest BCUT2D eigenvalue weighted by atomic mass is 32.1. The standard InChI is InChI=1S/C22H15F2NO5S/c1-30-16-7-4-11(9-15(16)26)19-18(20(27)17-3-2-8-31-17)21(28)22(29)25(19)12-5-6-13(23)14(24)10-12/h2-10,19,26,28H,1H3. The first-order chi connectivity index (χ1) is 14.8. The summed E-state index contributed by atoms with van der Waals surface area (Å²) in [6.07, 6.45) is 0. The zero-order valence-corrected chi connectivity index (χ0v) is 16.8. The summed E-state index contributed by atoms with van der Waals surface area (Å²) in [6.45, 7) is 0. The highest BCUT2D eigenvalue weighted by Crippen LogP contribution is 2.44. The van der Waals surface area contributed by atoms with Crippen LogP contribution in [-0.4, -0.2) is 29.0 Å². The third-order valence-corrected chi connectivity index (χ3v) is 5.77. The lowest BCUT2D eigenvalue weighted by Crippen LogP contribution is -2.31. The minimum absolute atomic E-state index is 0.0651. The molecule has 9 heteroatoms. The number of hydrogen-bond donors (Lipinski definition) is 2. The molecule has 2 heterocycles. The number of aromatic hydroxyl groups is 1. The maximum Gasteiger partial charge on any atom is 0.294 e. The molecule has 1 unspecified atom stereocenters. The molecule has 1 aliphatic heterocycles. The smallest absolute Gasteiger partial charge is 0.294 e. The van der Waals surface area contributed by atoms with E-state index in [0.717, 1.165) is 28.4 Å². The van der Waals surface area contributed by atoms with Crippen LogP contribution in [0.2, 0.25) is 0 Å². The van der Waals surface area contributed by atoms with E-state index in [1.165, 1.54) is 31.4 Å². The van der Waals surface area contributed by atoms with Gasteiger partial charge in [-0.2, -0.15) is 0 Å². The van der Waals surface area contributed by atoms with Crippen LogP contribution in [0.1, 0.15) is 21.3 Å². The number of ether oxygens (including phenoxy) is 1. The number of halogens is 2. The summed E-state index contributed by atoms with van der Waals surface area (Å²) in [5.74, 6) is -4.75. The van der Waals surface area contributed by atoms with Crippen molar-refractivity contribution in [3.8, 4) is 11.5 Å². The van der Waals surface area contributed by atoms with Gasteiger partial charge in [0.2, 0.25) is 5.78 Å². The van der Waals surface area contributed by atoms with E-state index in [4.69, 9.17) is 4.74 Å². The molecule has 1 aromatic heterocycles. The van der Waals surface area contributed by atoms with E-state index in [9.17, 15) is 28.6 Å². The number of aliphatic hydroxyl groups excluding tert-OH is 1. The number of ketones is 1. The van der Waals surface area contributed by atoms with Gasteiger partial charge in [0.1, 0.15) is 0 Å². The highest BCUT2D eigenvalue weighted by Gasteiger charge is 2.45. The van der Waals surface area contributed by atoms with Gasteiger partial charge in [-0.05, 0) is 41.3 Å². The third kappa shape index (κ3) is 3.42. The Hall–Kier alpha value is -3.72. The zero-order chi connectivity index (χ0) is 22.3. The lowest BCUT2D eigenvalue weighted by Gasteiger charge is -2.27. The first-order valence-corrected chi connectivity index (χ1v) is 9.88. The van der Waals surface area contributed by atoms with Gasteiger partial charge in [0, 0.05) is 11.8 Å². The van der Waals surface area contributed by atoms with E-state index in [0.29, 0.717) is 0 Å². The highest BCUT2D eigenvalue weighted by molar-refractivity contribution is 7.12. The minimum atomic E-state index is -1.20. The average molecular weight is 443 g/mol. The van der Waals surface area contributed by atoms with Gasteiger partial charge in [0.25, 0.3) is 5.91 Å². The predicted octanol–water partition coefficient (Wildman–Crippen LogP) is 4.52. The Labute approximate surface area is 179 Å². The summed E-state index contributed by atoms with van der Waals surface area (Å²) < 4.78 is 32.4. The van der Waals surface area contributed by atoms with E-state index in [1.54, 1.807) is 17.5 Å². The average Bonchev–Trinajstić information content (AvgIpc) is 3.37. The van der Waals surface area contributed by atoms with Crippen molar-refractivity contribution in [3.63, 3.8) is 0 Å². The van der Waals surface area contributed by atoms with Gasteiger partial charge < -0.3 is 14.9 Å². The van der Waals surface area contributed by atoms with Crippen molar-refractivity contribution in [1.82, 2.24) is 0 Å². The number of hydrogen-bond acceptors (Lipinski definition) is 6. The molecule has 2 N–H and O–H groups in total. The number of thiophene rings is 1. The molecular formula is C22H15F2NO5S. The molecular weight excluding hydrogens is 428 g/mol. The maximum atomic E-state index is 13.9. The topological polar surface area (TPSA) is 87.1 Å². The summed E-state index contributed by atoms with van der Waals surface area (Å²) >= 11 is 1.13. The number of aliphatic hydroxyl groups is 1. The molecule has 0 bridgehead atoms.